The van der Waals surface area contributed by atoms with Crippen molar-refractivity contribution in [3.63, 3.8) is 0 Å². The molecule has 0 amide bonds. The van der Waals surface area contributed by atoms with E-state index < -0.39 is 12.0 Å². The quantitative estimate of drug-likeness (QED) is 0.608. The van der Waals surface area contributed by atoms with Crippen LogP contribution in [0.15, 0.2) is 0 Å². The van der Waals surface area contributed by atoms with Gasteiger partial charge in [-0.25, -0.2) is 0 Å². The van der Waals surface area contributed by atoms with Gasteiger partial charge in [-0.2, -0.15) is 0 Å². The molecule has 1 fully saturated rings. The second-order valence-electron chi connectivity index (χ2n) is 3.53. The van der Waals surface area contributed by atoms with Gasteiger partial charge in [0.15, 0.2) is 0 Å². The maximum atomic E-state index is 10.6. The van der Waals surface area contributed by atoms with Crippen LogP contribution in [0.25, 0.3) is 0 Å². The molecule has 0 radical (unpaired) electrons. The van der Waals surface area contributed by atoms with Gasteiger partial charge in [-0.05, 0) is 18.9 Å². The van der Waals surface area contributed by atoms with Crippen LogP contribution < -0.4 is 5.32 Å². The minimum atomic E-state index is -0.836. The second-order valence-corrected chi connectivity index (χ2v) is 3.53. The minimum Gasteiger partial charge on any atom is -0.480 e. The SMILES string of the molecule is COCC(NCCC1CC1)C(=O)O. The molecule has 4 nitrogen and oxygen atoms in total. The van der Waals surface area contributed by atoms with E-state index in [1.165, 1.54) is 20.0 Å². The van der Waals surface area contributed by atoms with Crippen LogP contribution in [0, 0.1) is 5.92 Å². The van der Waals surface area contributed by atoms with Gasteiger partial charge in [0.05, 0.1) is 6.61 Å². The van der Waals surface area contributed by atoms with Crippen molar-refractivity contribution in [3.05, 3.63) is 0 Å². The highest BCUT2D eigenvalue weighted by Gasteiger charge is 2.22. The molecular formula is C9H17NO3. The Labute approximate surface area is 78.3 Å². The van der Waals surface area contributed by atoms with Crippen LogP contribution in [-0.2, 0) is 9.53 Å². The first kappa shape index (κ1) is 10.5. The zero-order valence-electron chi connectivity index (χ0n) is 7.95. The Morgan fingerprint density at radius 2 is 2.38 bits per heavy atom. The predicted octanol–water partition coefficient (Wildman–Crippen LogP) is 0.476. The molecule has 1 aliphatic carbocycles. The van der Waals surface area contributed by atoms with E-state index in [0.29, 0.717) is 0 Å². The molecule has 0 aromatic rings. The van der Waals surface area contributed by atoms with Crippen LogP contribution in [0.4, 0.5) is 0 Å². The summed E-state index contributed by atoms with van der Waals surface area (Å²) < 4.78 is 4.80. The third-order valence-corrected chi connectivity index (χ3v) is 2.27. The van der Waals surface area contributed by atoms with Gasteiger partial charge in [0.2, 0.25) is 0 Å². The van der Waals surface area contributed by atoms with Crippen molar-refractivity contribution in [3.8, 4) is 0 Å². The second kappa shape index (κ2) is 5.19. The number of carboxylic acids is 1. The molecular weight excluding hydrogens is 170 g/mol. The molecule has 2 N–H and O–H groups in total. The van der Waals surface area contributed by atoms with Crippen LogP contribution in [0.2, 0.25) is 0 Å². The molecule has 0 aliphatic heterocycles. The van der Waals surface area contributed by atoms with Crippen molar-refractivity contribution in [1.29, 1.82) is 0 Å². The topological polar surface area (TPSA) is 58.6 Å². The van der Waals surface area contributed by atoms with E-state index in [-0.39, 0.29) is 6.61 Å². The van der Waals surface area contributed by atoms with Gasteiger partial charge in [0.25, 0.3) is 0 Å². The van der Waals surface area contributed by atoms with Gasteiger partial charge < -0.3 is 15.2 Å². The molecule has 0 aromatic carbocycles. The molecule has 0 saturated heterocycles. The number of aliphatic carboxylic acids is 1. The molecule has 1 unspecified atom stereocenters. The van der Waals surface area contributed by atoms with E-state index in [4.69, 9.17) is 9.84 Å². The molecule has 1 rings (SSSR count). The third kappa shape index (κ3) is 4.24. The highest BCUT2D eigenvalue weighted by Crippen LogP contribution is 2.31. The number of methoxy groups -OCH3 is 1. The van der Waals surface area contributed by atoms with Crippen LogP contribution in [0.5, 0.6) is 0 Å². The molecule has 0 heterocycles. The Balaban J connectivity index is 2.08. The summed E-state index contributed by atoms with van der Waals surface area (Å²) in [6, 6.07) is -0.552. The summed E-state index contributed by atoms with van der Waals surface area (Å²) in [5.74, 6) is 0.00198. The molecule has 0 aromatic heterocycles. The summed E-state index contributed by atoms with van der Waals surface area (Å²) in [7, 11) is 1.51. The van der Waals surface area contributed by atoms with Gasteiger partial charge >= 0.3 is 5.97 Å². The lowest BCUT2D eigenvalue weighted by Crippen LogP contribution is -2.40. The highest BCUT2D eigenvalue weighted by atomic mass is 16.5. The number of ether oxygens (including phenoxy) is 1. The van der Waals surface area contributed by atoms with Crippen molar-refractivity contribution in [2.24, 2.45) is 5.92 Å². The lowest BCUT2D eigenvalue weighted by Gasteiger charge is -2.12. The maximum Gasteiger partial charge on any atom is 0.323 e. The van der Waals surface area contributed by atoms with Crippen LogP contribution in [0.1, 0.15) is 19.3 Å². The average Bonchev–Trinajstić information content (AvgIpc) is 2.86. The summed E-state index contributed by atoms with van der Waals surface area (Å²) in [6.45, 7) is 1.02. The lowest BCUT2D eigenvalue weighted by molar-refractivity contribution is -0.140. The largest absolute Gasteiger partial charge is 0.480 e. The van der Waals surface area contributed by atoms with E-state index in [1.54, 1.807) is 0 Å². The highest BCUT2D eigenvalue weighted by molar-refractivity contribution is 5.73. The number of rotatable bonds is 7. The summed E-state index contributed by atoms with van der Waals surface area (Å²) in [5, 5.41) is 11.7. The van der Waals surface area contributed by atoms with Crippen LogP contribution >= 0.6 is 0 Å². The summed E-state index contributed by atoms with van der Waals surface area (Å²) in [6.07, 6.45) is 3.71. The van der Waals surface area contributed by atoms with Gasteiger partial charge in [-0.1, -0.05) is 12.8 Å². The Morgan fingerprint density at radius 1 is 1.69 bits per heavy atom. The summed E-state index contributed by atoms with van der Waals surface area (Å²) >= 11 is 0. The Hall–Kier alpha value is -0.610. The van der Waals surface area contributed by atoms with Crippen molar-refractivity contribution in [2.45, 2.75) is 25.3 Å². The standard InChI is InChI=1S/C9H17NO3/c1-13-6-8(9(11)12)10-5-4-7-2-3-7/h7-8,10H,2-6H2,1H3,(H,11,12). The van der Waals surface area contributed by atoms with E-state index in [2.05, 4.69) is 5.32 Å². The molecule has 13 heavy (non-hydrogen) atoms. The molecule has 0 spiro atoms. The number of hydrogen-bond donors (Lipinski definition) is 2. The zero-order valence-corrected chi connectivity index (χ0v) is 7.95. The van der Waals surface area contributed by atoms with Crippen LogP contribution in [0.3, 0.4) is 0 Å². The first-order chi connectivity index (χ1) is 6.24. The van der Waals surface area contributed by atoms with E-state index in [1.807, 2.05) is 0 Å². The number of carboxylic acid groups (broad SMARTS) is 1. The zero-order chi connectivity index (χ0) is 9.68. The number of carbonyl (C=O) groups is 1. The monoisotopic (exact) mass is 187 g/mol. The molecule has 76 valence electrons. The number of hydrogen-bond acceptors (Lipinski definition) is 3. The van der Waals surface area contributed by atoms with Gasteiger partial charge in [-0.3, -0.25) is 4.79 Å². The number of nitrogens with one attached hydrogen (secondary N) is 1. The fraction of sp³-hybridized carbons (Fsp3) is 0.889. The molecule has 1 saturated carbocycles. The van der Waals surface area contributed by atoms with Crippen LogP contribution in [-0.4, -0.2) is 37.4 Å². The van der Waals surface area contributed by atoms with Crippen molar-refractivity contribution in [2.75, 3.05) is 20.3 Å². The first-order valence-corrected chi connectivity index (χ1v) is 4.69. The molecule has 4 heteroatoms. The van der Waals surface area contributed by atoms with Gasteiger partial charge in [-0.15, -0.1) is 0 Å². The Morgan fingerprint density at radius 3 is 2.85 bits per heavy atom. The van der Waals surface area contributed by atoms with Crippen molar-refractivity contribution in [1.82, 2.24) is 5.32 Å². The fourth-order valence-corrected chi connectivity index (χ4v) is 1.25. The maximum absolute atomic E-state index is 10.6. The molecule has 0 bridgehead atoms. The molecule has 1 atom stereocenters. The van der Waals surface area contributed by atoms with Gasteiger partial charge in [0, 0.05) is 7.11 Å². The fourth-order valence-electron chi connectivity index (χ4n) is 1.25. The van der Waals surface area contributed by atoms with Crippen molar-refractivity contribution >= 4 is 5.97 Å². The van der Waals surface area contributed by atoms with E-state index in [9.17, 15) is 4.79 Å². The van der Waals surface area contributed by atoms with Crippen molar-refractivity contribution < 1.29 is 14.6 Å². The van der Waals surface area contributed by atoms with Gasteiger partial charge in [0.1, 0.15) is 6.04 Å². The summed E-state index contributed by atoms with van der Waals surface area (Å²) in [4.78, 5) is 10.6. The Kier molecular flexibility index (Phi) is 4.18. The lowest BCUT2D eigenvalue weighted by atomic mass is 10.2. The average molecular weight is 187 g/mol. The Bertz CT molecular complexity index is 168. The smallest absolute Gasteiger partial charge is 0.323 e. The predicted molar refractivity (Wildman–Crippen MR) is 48.6 cm³/mol. The first-order valence-electron chi connectivity index (χ1n) is 4.69. The summed E-state index contributed by atoms with van der Waals surface area (Å²) in [5.41, 5.74) is 0. The van der Waals surface area contributed by atoms with E-state index in [0.717, 1.165) is 18.9 Å². The third-order valence-electron chi connectivity index (χ3n) is 2.27. The normalized spacial score (nSPS) is 18.5. The molecule has 1 aliphatic rings. The minimum absolute atomic E-state index is 0.236. The van der Waals surface area contributed by atoms with E-state index >= 15 is 0 Å².